The van der Waals surface area contributed by atoms with Crippen molar-refractivity contribution in [1.82, 2.24) is 15.5 Å². The van der Waals surface area contributed by atoms with Gasteiger partial charge in [0.05, 0.1) is 5.92 Å². The van der Waals surface area contributed by atoms with Crippen LogP contribution in [-0.2, 0) is 4.79 Å². The van der Waals surface area contributed by atoms with Gasteiger partial charge in [-0.2, -0.15) is 11.3 Å². The number of hydrogen-bond donors (Lipinski definition) is 3. The van der Waals surface area contributed by atoms with Gasteiger partial charge in [-0.15, -0.1) is 24.0 Å². The molecule has 4 N–H and O–H groups in total. The fourth-order valence-corrected chi connectivity index (χ4v) is 4.01. The number of nitrogens with one attached hydrogen (secondary N) is 2. The van der Waals surface area contributed by atoms with E-state index in [9.17, 15) is 4.79 Å². The minimum Gasteiger partial charge on any atom is -0.369 e. The highest BCUT2D eigenvalue weighted by atomic mass is 127. The molecule has 0 bridgehead atoms. The predicted molar refractivity (Wildman–Crippen MR) is 125 cm³/mol. The molecule has 0 spiro atoms. The van der Waals surface area contributed by atoms with Crippen LogP contribution in [0.1, 0.15) is 44.6 Å². The van der Waals surface area contributed by atoms with Gasteiger partial charge in [0.25, 0.3) is 0 Å². The third kappa shape index (κ3) is 8.78. The smallest absolute Gasteiger partial charge is 0.221 e. The summed E-state index contributed by atoms with van der Waals surface area (Å²) in [5.41, 5.74) is 6.80. The molecule has 1 aromatic heterocycles. The molecular formula is C19H34IN5OS. The first kappa shape index (κ1) is 24.2. The molecule has 2 heterocycles. The van der Waals surface area contributed by atoms with E-state index in [0.29, 0.717) is 5.92 Å². The Kier molecular flexibility index (Phi) is 11.9. The van der Waals surface area contributed by atoms with Crippen LogP contribution >= 0.6 is 35.3 Å². The zero-order valence-corrected chi connectivity index (χ0v) is 19.6. The maximum Gasteiger partial charge on any atom is 0.221 e. The number of likely N-dealkylation sites (tertiary alicyclic amines) is 1. The van der Waals surface area contributed by atoms with Crippen LogP contribution in [0.15, 0.2) is 21.8 Å². The molecule has 0 aliphatic carbocycles. The third-order valence-electron chi connectivity index (χ3n) is 4.83. The lowest BCUT2D eigenvalue weighted by molar-refractivity contribution is -0.123. The number of primary amides is 1. The summed E-state index contributed by atoms with van der Waals surface area (Å²) in [5.74, 6) is 1.17. The van der Waals surface area contributed by atoms with Gasteiger partial charge >= 0.3 is 0 Å². The summed E-state index contributed by atoms with van der Waals surface area (Å²) >= 11 is 1.73. The number of hydrogen-bond acceptors (Lipinski definition) is 4. The van der Waals surface area contributed by atoms with Gasteiger partial charge in [0.15, 0.2) is 5.96 Å². The molecular weight excluding hydrogens is 473 g/mol. The van der Waals surface area contributed by atoms with Crippen molar-refractivity contribution in [2.75, 3.05) is 39.3 Å². The molecule has 6 nitrogen and oxygen atoms in total. The van der Waals surface area contributed by atoms with Crippen LogP contribution in [0.3, 0.4) is 0 Å². The molecule has 1 aliphatic heterocycles. The summed E-state index contributed by atoms with van der Waals surface area (Å²) in [4.78, 5) is 18.4. The number of nitrogens with zero attached hydrogens (tertiary/aromatic N) is 2. The van der Waals surface area contributed by atoms with Crippen LogP contribution in [0.25, 0.3) is 0 Å². The molecule has 1 aromatic rings. The van der Waals surface area contributed by atoms with Crippen molar-refractivity contribution in [1.29, 1.82) is 0 Å². The lowest BCUT2D eigenvalue weighted by Crippen LogP contribution is -2.43. The first-order valence-electron chi connectivity index (χ1n) is 9.66. The molecule has 0 radical (unpaired) electrons. The highest BCUT2D eigenvalue weighted by Gasteiger charge is 2.23. The second-order valence-corrected chi connectivity index (χ2v) is 7.78. The number of carbonyl (C=O) groups is 1. The highest BCUT2D eigenvalue weighted by Crippen LogP contribution is 2.18. The summed E-state index contributed by atoms with van der Waals surface area (Å²) in [5, 5.41) is 11.0. The normalized spacial score (nSPS) is 19.2. The van der Waals surface area contributed by atoms with Crippen LogP contribution in [0, 0.1) is 5.92 Å². The Labute approximate surface area is 184 Å². The number of rotatable bonds is 9. The van der Waals surface area contributed by atoms with Crippen LogP contribution in [0.5, 0.6) is 0 Å². The first-order chi connectivity index (χ1) is 12.6. The summed E-state index contributed by atoms with van der Waals surface area (Å²) in [6.45, 7) is 9.65. The standard InChI is InChI=1S/C19H33N5OS.HI/c1-3-21-19(23-12-15(2)17-7-11-26-14-17)22-8-5-10-24-9-4-6-16(13-24)18(20)25;/h7,11,14-16H,3-6,8-10,12-13H2,1-2H3,(H2,20,25)(H2,21,22,23);1H. The topological polar surface area (TPSA) is 82.8 Å². The number of halogens is 1. The molecule has 27 heavy (non-hydrogen) atoms. The molecule has 2 unspecified atom stereocenters. The predicted octanol–water partition coefficient (Wildman–Crippen LogP) is 2.61. The Hall–Kier alpha value is -0.870. The van der Waals surface area contributed by atoms with Gasteiger partial charge in [0.1, 0.15) is 0 Å². The number of amides is 1. The van der Waals surface area contributed by atoms with Gasteiger partial charge in [0.2, 0.25) is 5.91 Å². The van der Waals surface area contributed by atoms with Crippen LogP contribution in [-0.4, -0.2) is 56.0 Å². The van der Waals surface area contributed by atoms with Crippen molar-refractivity contribution in [3.63, 3.8) is 0 Å². The second kappa shape index (κ2) is 13.3. The number of guanidine groups is 1. The van der Waals surface area contributed by atoms with Crippen LogP contribution in [0.4, 0.5) is 0 Å². The summed E-state index contributed by atoms with van der Waals surface area (Å²) in [7, 11) is 0. The Bertz CT molecular complexity index is 566. The summed E-state index contributed by atoms with van der Waals surface area (Å²) < 4.78 is 0. The number of carbonyl (C=O) groups excluding carboxylic acids is 1. The average Bonchev–Trinajstić information content (AvgIpc) is 3.18. The lowest BCUT2D eigenvalue weighted by atomic mass is 9.97. The van der Waals surface area contributed by atoms with Gasteiger partial charge in [-0.1, -0.05) is 6.92 Å². The molecule has 0 aromatic carbocycles. The van der Waals surface area contributed by atoms with Crippen molar-refractivity contribution >= 4 is 47.2 Å². The fourth-order valence-electron chi connectivity index (χ4n) is 3.23. The van der Waals surface area contributed by atoms with E-state index in [1.807, 2.05) is 0 Å². The van der Waals surface area contributed by atoms with Crippen molar-refractivity contribution in [2.24, 2.45) is 16.6 Å². The number of nitrogens with two attached hydrogens (primary N) is 1. The maximum atomic E-state index is 11.4. The van der Waals surface area contributed by atoms with E-state index in [0.717, 1.165) is 64.5 Å². The van der Waals surface area contributed by atoms with Crippen molar-refractivity contribution < 1.29 is 4.79 Å². The minimum absolute atomic E-state index is 0. The first-order valence-corrected chi connectivity index (χ1v) is 10.6. The summed E-state index contributed by atoms with van der Waals surface area (Å²) in [6.07, 6.45) is 3.02. The Balaban J connectivity index is 0.00000364. The van der Waals surface area contributed by atoms with E-state index in [-0.39, 0.29) is 35.8 Å². The Morgan fingerprint density at radius 2 is 2.30 bits per heavy atom. The molecule has 0 saturated carbocycles. The largest absolute Gasteiger partial charge is 0.369 e. The monoisotopic (exact) mass is 507 g/mol. The molecule has 154 valence electrons. The quantitative estimate of drug-likeness (QED) is 0.208. The van der Waals surface area contributed by atoms with Crippen LogP contribution in [0.2, 0.25) is 0 Å². The van der Waals surface area contributed by atoms with E-state index in [1.165, 1.54) is 5.56 Å². The minimum atomic E-state index is -0.158. The van der Waals surface area contributed by atoms with Gasteiger partial charge in [0, 0.05) is 32.1 Å². The lowest BCUT2D eigenvalue weighted by Gasteiger charge is -2.31. The Morgan fingerprint density at radius 1 is 1.48 bits per heavy atom. The van der Waals surface area contributed by atoms with Gasteiger partial charge in [-0.3, -0.25) is 9.79 Å². The van der Waals surface area contributed by atoms with E-state index >= 15 is 0 Å². The third-order valence-corrected chi connectivity index (χ3v) is 5.53. The van der Waals surface area contributed by atoms with Gasteiger partial charge < -0.3 is 21.3 Å². The zero-order chi connectivity index (χ0) is 18.8. The second-order valence-electron chi connectivity index (χ2n) is 7.00. The molecule has 8 heteroatoms. The average molecular weight is 507 g/mol. The van der Waals surface area contributed by atoms with E-state index in [1.54, 1.807) is 11.3 Å². The van der Waals surface area contributed by atoms with Gasteiger partial charge in [-0.25, -0.2) is 0 Å². The molecule has 2 rings (SSSR count). The van der Waals surface area contributed by atoms with Crippen molar-refractivity contribution in [3.8, 4) is 0 Å². The SMILES string of the molecule is CCNC(=NCC(C)c1ccsc1)NCCCN1CCCC(C(N)=O)C1.I. The molecule has 2 atom stereocenters. The highest BCUT2D eigenvalue weighted by molar-refractivity contribution is 14.0. The summed E-state index contributed by atoms with van der Waals surface area (Å²) in [6, 6.07) is 2.17. The molecule has 1 amide bonds. The van der Waals surface area contributed by atoms with E-state index in [2.05, 4.69) is 46.2 Å². The van der Waals surface area contributed by atoms with Crippen molar-refractivity contribution in [3.05, 3.63) is 22.4 Å². The maximum absolute atomic E-state index is 11.4. The van der Waals surface area contributed by atoms with E-state index in [4.69, 9.17) is 10.7 Å². The molecule has 1 saturated heterocycles. The van der Waals surface area contributed by atoms with Gasteiger partial charge in [-0.05, 0) is 61.7 Å². The fraction of sp³-hybridized carbons (Fsp3) is 0.684. The number of thiophene rings is 1. The van der Waals surface area contributed by atoms with E-state index < -0.39 is 0 Å². The Morgan fingerprint density at radius 3 is 2.96 bits per heavy atom. The number of piperidine rings is 1. The molecule has 1 fully saturated rings. The molecule has 1 aliphatic rings. The zero-order valence-electron chi connectivity index (χ0n) is 16.4. The van der Waals surface area contributed by atoms with Crippen LogP contribution < -0.4 is 16.4 Å². The van der Waals surface area contributed by atoms with Crippen molar-refractivity contribution in [2.45, 2.75) is 39.0 Å². The number of aliphatic imine (C=N–C) groups is 1.